The van der Waals surface area contributed by atoms with Crippen LogP contribution in [0.2, 0.25) is 0 Å². The lowest BCUT2D eigenvalue weighted by atomic mass is 9.88. The summed E-state index contributed by atoms with van der Waals surface area (Å²) in [5, 5.41) is 2.51. The van der Waals surface area contributed by atoms with Crippen molar-refractivity contribution in [3.8, 4) is 23.0 Å². The fourth-order valence-corrected chi connectivity index (χ4v) is 4.08. The van der Waals surface area contributed by atoms with E-state index in [1.165, 1.54) is 24.3 Å². The number of rotatable bonds is 12. The number of nitrogens with two attached hydrogens (primary N) is 1. The smallest absolute Gasteiger partial charge is 0.405 e. The molecular formula is C29H31F4N3O6. The first-order valence-electron chi connectivity index (χ1n) is 13.2. The number of alkyl halides is 2. The van der Waals surface area contributed by atoms with Crippen molar-refractivity contribution in [3.63, 3.8) is 0 Å². The third-order valence-corrected chi connectivity index (χ3v) is 6.25. The molecule has 1 fully saturated rings. The summed E-state index contributed by atoms with van der Waals surface area (Å²) in [6.07, 6.45) is -0.161. The van der Waals surface area contributed by atoms with Crippen molar-refractivity contribution in [2.75, 3.05) is 6.61 Å². The molecule has 1 unspecified atom stereocenters. The molecule has 1 aliphatic rings. The van der Waals surface area contributed by atoms with Gasteiger partial charge in [0.05, 0.1) is 6.61 Å². The third kappa shape index (κ3) is 8.37. The fraction of sp³-hybridized carbons (Fsp3) is 0.414. The average Bonchev–Trinajstić information content (AvgIpc) is 3.61. The number of carbonyl (C=O) groups is 2. The largest absolute Gasteiger partial charge is 0.489 e. The van der Waals surface area contributed by atoms with E-state index < -0.39 is 41.8 Å². The van der Waals surface area contributed by atoms with E-state index in [0.717, 1.165) is 18.9 Å². The van der Waals surface area contributed by atoms with Gasteiger partial charge in [0, 0.05) is 23.7 Å². The minimum Gasteiger partial charge on any atom is -0.489 e. The molecule has 1 aliphatic carbocycles. The van der Waals surface area contributed by atoms with Gasteiger partial charge in [0.2, 0.25) is 5.89 Å². The van der Waals surface area contributed by atoms with Crippen molar-refractivity contribution in [3.05, 3.63) is 65.1 Å². The highest BCUT2D eigenvalue weighted by Gasteiger charge is 2.33. The van der Waals surface area contributed by atoms with Crippen molar-refractivity contribution < 1.29 is 45.8 Å². The lowest BCUT2D eigenvalue weighted by molar-refractivity contribution is -0.0515. The number of oxazole rings is 1. The molecule has 1 heterocycles. The Morgan fingerprint density at radius 1 is 1.12 bits per heavy atom. The number of primary amides is 1. The molecule has 0 saturated heterocycles. The zero-order chi connectivity index (χ0) is 30.6. The maximum atomic E-state index is 14.2. The van der Waals surface area contributed by atoms with Gasteiger partial charge in [-0.05, 0) is 54.9 Å². The Kier molecular flexibility index (Phi) is 9.27. The summed E-state index contributed by atoms with van der Waals surface area (Å²) in [5.41, 5.74) is 4.86. The number of carbonyl (C=O) groups excluding carboxylic acids is 2. The van der Waals surface area contributed by atoms with Gasteiger partial charge in [-0.15, -0.1) is 0 Å². The summed E-state index contributed by atoms with van der Waals surface area (Å²) >= 11 is 0. The molecule has 0 spiro atoms. The van der Waals surface area contributed by atoms with Crippen molar-refractivity contribution in [1.29, 1.82) is 0 Å². The van der Waals surface area contributed by atoms with Crippen LogP contribution in [0.25, 0.3) is 11.5 Å². The molecule has 0 bridgehead atoms. The topological polar surface area (TPSA) is 126 Å². The minimum absolute atomic E-state index is 0.0155. The molecule has 4 rings (SSSR count). The van der Waals surface area contributed by atoms with Crippen molar-refractivity contribution >= 4 is 12.0 Å². The summed E-state index contributed by atoms with van der Waals surface area (Å²) in [4.78, 5) is 29.4. The number of nitrogens with one attached hydrogen (secondary N) is 1. The summed E-state index contributed by atoms with van der Waals surface area (Å²) in [6.45, 7) is 2.50. The van der Waals surface area contributed by atoms with E-state index in [-0.39, 0.29) is 52.9 Å². The average molecular weight is 594 g/mol. The van der Waals surface area contributed by atoms with Gasteiger partial charge in [0.25, 0.3) is 5.91 Å². The molecule has 3 aromatic rings. The van der Waals surface area contributed by atoms with Crippen molar-refractivity contribution in [2.24, 2.45) is 17.1 Å². The highest BCUT2D eigenvalue weighted by molar-refractivity contribution is 5.94. The number of halogens is 4. The number of aromatic nitrogens is 1. The van der Waals surface area contributed by atoms with E-state index in [0.29, 0.717) is 18.6 Å². The van der Waals surface area contributed by atoms with Gasteiger partial charge < -0.3 is 29.7 Å². The van der Waals surface area contributed by atoms with Crippen LogP contribution in [0.4, 0.5) is 22.4 Å². The Hall–Kier alpha value is -4.29. The highest BCUT2D eigenvalue weighted by Crippen LogP contribution is 2.39. The Bertz CT molecular complexity index is 1440. The maximum absolute atomic E-state index is 14.2. The van der Waals surface area contributed by atoms with Crippen molar-refractivity contribution in [1.82, 2.24) is 10.3 Å². The minimum atomic E-state index is -3.09. The molecule has 2 aromatic carbocycles. The Morgan fingerprint density at radius 2 is 1.86 bits per heavy atom. The summed E-state index contributed by atoms with van der Waals surface area (Å²) < 4.78 is 75.1. The van der Waals surface area contributed by atoms with Crippen LogP contribution in [-0.2, 0) is 11.3 Å². The predicted octanol–water partition coefficient (Wildman–Crippen LogP) is 6.51. The van der Waals surface area contributed by atoms with Gasteiger partial charge in [-0.3, -0.25) is 4.79 Å². The van der Waals surface area contributed by atoms with E-state index in [4.69, 9.17) is 19.6 Å². The highest BCUT2D eigenvalue weighted by atomic mass is 19.3. The molecule has 1 atom stereocenters. The van der Waals surface area contributed by atoms with E-state index >= 15 is 0 Å². The molecule has 226 valence electrons. The predicted molar refractivity (Wildman–Crippen MR) is 142 cm³/mol. The molecule has 9 nitrogen and oxygen atoms in total. The van der Waals surface area contributed by atoms with Crippen LogP contribution >= 0.6 is 0 Å². The molecule has 1 aromatic heterocycles. The number of benzene rings is 2. The van der Waals surface area contributed by atoms with Crippen LogP contribution < -0.4 is 20.5 Å². The number of hydrogen-bond donors (Lipinski definition) is 2. The van der Waals surface area contributed by atoms with Crippen LogP contribution in [0.5, 0.6) is 11.5 Å². The molecule has 1 saturated carbocycles. The summed E-state index contributed by atoms with van der Waals surface area (Å²) in [6, 6.07) is 6.96. The van der Waals surface area contributed by atoms with Crippen LogP contribution in [0.1, 0.15) is 67.9 Å². The van der Waals surface area contributed by atoms with Gasteiger partial charge in [0.1, 0.15) is 11.6 Å². The van der Waals surface area contributed by atoms with E-state index in [1.54, 1.807) is 0 Å². The van der Waals surface area contributed by atoms with Crippen LogP contribution in [-0.4, -0.2) is 30.2 Å². The number of amides is 2. The lowest BCUT2D eigenvalue weighted by Gasteiger charge is -2.24. The maximum Gasteiger partial charge on any atom is 0.405 e. The zero-order valence-electron chi connectivity index (χ0n) is 23.2. The number of ether oxygens (including phenoxy) is 3. The second kappa shape index (κ2) is 12.7. The zero-order valence-corrected chi connectivity index (χ0v) is 23.2. The van der Waals surface area contributed by atoms with E-state index in [1.807, 2.05) is 20.8 Å². The molecular weight excluding hydrogens is 562 g/mol. The van der Waals surface area contributed by atoms with E-state index in [9.17, 15) is 27.2 Å². The van der Waals surface area contributed by atoms with Gasteiger partial charge >= 0.3 is 12.7 Å². The first-order chi connectivity index (χ1) is 19.8. The van der Waals surface area contributed by atoms with Crippen molar-refractivity contribution in [2.45, 2.75) is 59.3 Å². The summed E-state index contributed by atoms with van der Waals surface area (Å²) in [5.74, 6) is -2.54. The Labute approximate surface area is 239 Å². The number of hydrogen-bond acceptors (Lipinski definition) is 7. The van der Waals surface area contributed by atoms with Gasteiger partial charge in [-0.2, -0.15) is 8.78 Å². The van der Waals surface area contributed by atoms with Crippen LogP contribution in [0.15, 0.2) is 40.8 Å². The van der Waals surface area contributed by atoms with Gasteiger partial charge in [-0.1, -0.05) is 26.8 Å². The Morgan fingerprint density at radius 3 is 2.48 bits per heavy atom. The van der Waals surface area contributed by atoms with Crippen LogP contribution in [0.3, 0.4) is 0 Å². The fourth-order valence-electron chi connectivity index (χ4n) is 4.08. The molecule has 2 amide bonds. The van der Waals surface area contributed by atoms with Crippen LogP contribution in [0, 0.1) is 23.0 Å². The molecule has 3 N–H and O–H groups in total. The monoisotopic (exact) mass is 593 g/mol. The normalized spacial score (nSPS) is 14.0. The first kappa shape index (κ1) is 30.7. The SMILES string of the molecule is CC(C)(C)CC(OC(N)=O)c1oc(-c2ccc(OC(F)F)c(OCC3CC3)c2)nc1C(=O)NCc1ccc(F)cc1F. The first-order valence-corrected chi connectivity index (χ1v) is 13.2. The summed E-state index contributed by atoms with van der Waals surface area (Å²) in [7, 11) is 0. The van der Waals surface area contributed by atoms with Gasteiger partial charge in [-0.25, -0.2) is 18.6 Å². The molecule has 42 heavy (non-hydrogen) atoms. The Balaban J connectivity index is 1.72. The molecule has 13 heteroatoms. The molecule has 0 radical (unpaired) electrons. The lowest BCUT2D eigenvalue weighted by Crippen LogP contribution is -2.27. The standard InChI is InChI=1S/C29H31F4N3O6/c1-29(2,3)12-22(41-28(34)38)24-23(25(37)35-13-17-6-8-18(30)11-19(17)31)36-26(42-24)16-7-9-20(40-27(32)33)21(10-16)39-14-15-4-5-15/h6-11,15,22,27H,4-5,12-14H2,1-3H3,(H2,34,38)(H,35,37). The molecule has 0 aliphatic heterocycles. The quantitative estimate of drug-likeness (QED) is 0.229. The second-order valence-electron chi connectivity index (χ2n) is 11.1. The van der Waals surface area contributed by atoms with E-state index in [2.05, 4.69) is 15.0 Å². The number of nitrogens with zero attached hydrogens (tertiary/aromatic N) is 1. The third-order valence-electron chi connectivity index (χ3n) is 6.25. The second-order valence-corrected chi connectivity index (χ2v) is 11.1. The van der Waals surface area contributed by atoms with Gasteiger partial charge in [0.15, 0.2) is 29.1 Å².